The number of rotatable bonds is 3. The van der Waals surface area contributed by atoms with Crippen molar-refractivity contribution >= 4 is 26.7 Å². The maximum absolute atomic E-state index is 13.0. The highest BCUT2D eigenvalue weighted by molar-refractivity contribution is 7.91. The molecule has 2 heterocycles. The Kier molecular flexibility index (Phi) is 3.49. The van der Waals surface area contributed by atoms with Crippen molar-refractivity contribution < 1.29 is 17.6 Å². The normalized spacial score (nSPS) is 22.6. The molecule has 2 fully saturated rings. The van der Waals surface area contributed by atoms with Gasteiger partial charge in [-0.15, -0.1) is 0 Å². The zero-order valence-electron chi connectivity index (χ0n) is 13.0. The minimum absolute atomic E-state index is 0.0197. The topological polar surface area (TPSA) is 84.7 Å². The van der Waals surface area contributed by atoms with Crippen LogP contribution in [0.1, 0.15) is 29.6 Å². The fraction of sp³-hybridized carbons (Fsp3) is 0.412. The molecule has 0 N–H and O–H groups in total. The van der Waals surface area contributed by atoms with Gasteiger partial charge in [0.2, 0.25) is 0 Å². The lowest BCUT2D eigenvalue weighted by Gasteiger charge is -2.28. The van der Waals surface area contributed by atoms with Crippen molar-refractivity contribution in [1.82, 2.24) is 4.90 Å². The fourth-order valence-electron chi connectivity index (χ4n) is 3.33. The molecule has 0 spiro atoms. The third-order valence-electron chi connectivity index (χ3n) is 4.65. The third-order valence-corrected chi connectivity index (χ3v) is 6.40. The molecule has 0 bridgehead atoms. The fourth-order valence-corrected chi connectivity index (χ4v) is 5.04. The maximum atomic E-state index is 13.0. The van der Waals surface area contributed by atoms with E-state index >= 15 is 0 Å². The second-order valence-electron chi connectivity index (χ2n) is 6.49. The molecule has 1 aromatic carbocycles. The van der Waals surface area contributed by atoms with Crippen molar-refractivity contribution in [2.24, 2.45) is 0 Å². The van der Waals surface area contributed by atoms with Gasteiger partial charge in [0, 0.05) is 17.5 Å². The van der Waals surface area contributed by atoms with E-state index in [0.29, 0.717) is 17.4 Å². The number of sulfone groups is 1. The van der Waals surface area contributed by atoms with Crippen LogP contribution >= 0.6 is 0 Å². The average Bonchev–Trinajstić information content (AvgIpc) is 3.30. The number of nitrogens with zero attached hydrogens (tertiary/aromatic N) is 1. The van der Waals surface area contributed by atoms with Gasteiger partial charge in [-0.25, -0.2) is 13.2 Å². The van der Waals surface area contributed by atoms with Crippen LogP contribution in [0.5, 0.6) is 0 Å². The van der Waals surface area contributed by atoms with Crippen LogP contribution in [-0.4, -0.2) is 42.8 Å². The highest BCUT2D eigenvalue weighted by Gasteiger charge is 2.43. The lowest BCUT2D eigenvalue weighted by molar-refractivity contribution is 0.0676. The summed E-state index contributed by atoms with van der Waals surface area (Å²) >= 11 is 0. The van der Waals surface area contributed by atoms with Gasteiger partial charge >= 0.3 is 5.63 Å². The molecule has 0 radical (unpaired) electrons. The van der Waals surface area contributed by atoms with E-state index in [2.05, 4.69) is 0 Å². The van der Waals surface area contributed by atoms with Gasteiger partial charge in [-0.3, -0.25) is 4.79 Å². The van der Waals surface area contributed by atoms with Gasteiger partial charge in [-0.1, -0.05) is 18.2 Å². The van der Waals surface area contributed by atoms with Crippen LogP contribution in [0, 0.1) is 0 Å². The average molecular weight is 347 g/mol. The summed E-state index contributed by atoms with van der Waals surface area (Å²) in [6.45, 7) is 0. The molecule has 6 nitrogen and oxygen atoms in total. The lowest BCUT2D eigenvalue weighted by atomic mass is 10.1. The summed E-state index contributed by atoms with van der Waals surface area (Å²) in [5.74, 6) is -0.339. The molecule has 1 aliphatic carbocycles. The number of hydrogen-bond donors (Lipinski definition) is 0. The van der Waals surface area contributed by atoms with Crippen LogP contribution in [0.2, 0.25) is 0 Å². The van der Waals surface area contributed by atoms with Gasteiger partial charge in [0.15, 0.2) is 9.84 Å². The van der Waals surface area contributed by atoms with Crippen LogP contribution in [-0.2, 0) is 9.84 Å². The first-order valence-electron chi connectivity index (χ1n) is 8.00. The van der Waals surface area contributed by atoms with E-state index in [9.17, 15) is 18.0 Å². The van der Waals surface area contributed by atoms with Crippen LogP contribution in [0.4, 0.5) is 0 Å². The van der Waals surface area contributed by atoms with Gasteiger partial charge in [-0.05, 0) is 31.4 Å². The highest BCUT2D eigenvalue weighted by Crippen LogP contribution is 2.33. The summed E-state index contributed by atoms with van der Waals surface area (Å²) in [6, 6.07) is 8.24. The standard InChI is InChI=1S/C17H17NO5S/c19-16(14-9-11-3-1-2-4-15(11)23-17(14)20)18(12-5-6-12)13-7-8-24(21,22)10-13/h1-4,9,12-13H,5-8,10H2/t13-/m1/s1. The minimum Gasteiger partial charge on any atom is -0.422 e. The van der Waals surface area contributed by atoms with Gasteiger partial charge in [0.1, 0.15) is 11.1 Å². The molecule has 1 atom stereocenters. The van der Waals surface area contributed by atoms with Gasteiger partial charge < -0.3 is 9.32 Å². The predicted octanol–water partition coefficient (Wildman–Crippen LogP) is 1.58. The van der Waals surface area contributed by atoms with Crippen LogP contribution in [0.3, 0.4) is 0 Å². The molecule has 2 aliphatic rings. The summed E-state index contributed by atoms with van der Waals surface area (Å²) in [5, 5.41) is 0.676. The third kappa shape index (κ3) is 2.73. The first-order valence-corrected chi connectivity index (χ1v) is 9.83. The van der Waals surface area contributed by atoms with E-state index in [1.54, 1.807) is 35.2 Å². The molecule has 7 heteroatoms. The van der Waals surface area contributed by atoms with Crippen molar-refractivity contribution in [3.8, 4) is 0 Å². The molecule has 126 valence electrons. The molecular formula is C17H17NO5S. The first-order chi connectivity index (χ1) is 11.4. The van der Waals surface area contributed by atoms with Crippen LogP contribution in [0.25, 0.3) is 11.0 Å². The Bertz CT molecular complexity index is 974. The summed E-state index contributed by atoms with van der Waals surface area (Å²) in [4.78, 5) is 26.8. The summed E-state index contributed by atoms with van der Waals surface area (Å²) in [6.07, 6.45) is 2.13. The first kappa shape index (κ1) is 15.4. The monoisotopic (exact) mass is 347 g/mol. The Morgan fingerprint density at radius 3 is 2.54 bits per heavy atom. The van der Waals surface area contributed by atoms with Crippen LogP contribution < -0.4 is 5.63 Å². The lowest BCUT2D eigenvalue weighted by Crippen LogP contribution is -2.44. The van der Waals surface area contributed by atoms with Crippen molar-refractivity contribution in [3.05, 3.63) is 46.3 Å². The van der Waals surface area contributed by atoms with Gasteiger partial charge in [0.25, 0.3) is 5.91 Å². The van der Waals surface area contributed by atoms with Crippen molar-refractivity contribution in [2.75, 3.05) is 11.5 Å². The molecular weight excluding hydrogens is 330 g/mol. The molecule has 1 saturated carbocycles. The summed E-state index contributed by atoms with van der Waals surface area (Å²) in [5.41, 5.74) is -0.268. The highest BCUT2D eigenvalue weighted by atomic mass is 32.2. The van der Waals surface area contributed by atoms with Gasteiger partial charge in [0.05, 0.1) is 11.5 Å². The van der Waals surface area contributed by atoms with Crippen molar-refractivity contribution in [1.29, 1.82) is 0 Å². The van der Waals surface area contributed by atoms with E-state index < -0.39 is 21.4 Å². The van der Waals surface area contributed by atoms with E-state index in [4.69, 9.17) is 4.42 Å². The molecule has 1 saturated heterocycles. The van der Waals surface area contributed by atoms with E-state index in [1.807, 2.05) is 0 Å². The quantitative estimate of drug-likeness (QED) is 0.787. The number of fused-ring (bicyclic) bond motifs is 1. The second-order valence-corrected chi connectivity index (χ2v) is 8.71. The SMILES string of the molecule is O=C(c1cc2ccccc2oc1=O)N(C1CC1)[C@@H]1CCS(=O)(=O)C1. The molecule has 1 aliphatic heterocycles. The number of amides is 1. The Labute approximate surface area is 139 Å². The molecule has 1 amide bonds. The Morgan fingerprint density at radius 1 is 1.12 bits per heavy atom. The summed E-state index contributed by atoms with van der Waals surface area (Å²) in [7, 11) is -3.10. The largest absolute Gasteiger partial charge is 0.422 e. The maximum Gasteiger partial charge on any atom is 0.349 e. The molecule has 1 aromatic heterocycles. The molecule has 2 aromatic rings. The number of benzene rings is 1. The summed E-state index contributed by atoms with van der Waals surface area (Å²) < 4.78 is 28.8. The van der Waals surface area contributed by atoms with E-state index in [-0.39, 0.29) is 29.2 Å². The Morgan fingerprint density at radius 2 is 1.88 bits per heavy atom. The molecule has 24 heavy (non-hydrogen) atoms. The zero-order chi connectivity index (χ0) is 16.9. The van der Waals surface area contributed by atoms with E-state index in [1.165, 1.54) is 0 Å². The molecule has 4 rings (SSSR count). The Balaban J connectivity index is 1.73. The number of hydrogen-bond acceptors (Lipinski definition) is 5. The second kappa shape index (κ2) is 5.44. The number of carbonyl (C=O) groups excluding carboxylic acids is 1. The van der Waals surface area contributed by atoms with Gasteiger partial charge in [-0.2, -0.15) is 0 Å². The zero-order valence-corrected chi connectivity index (χ0v) is 13.8. The number of carbonyl (C=O) groups is 1. The van der Waals surface area contributed by atoms with Crippen molar-refractivity contribution in [2.45, 2.75) is 31.3 Å². The number of para-hydroxylation sites is 1. The van der Waals surface area contributed by atoms with E-state index in [0.717, 1.165) is 12.8 Å². The van der Waals surface area contributed by atoms with Crippen LogP contribution in [0.15, 0.2) is 39.5 Å². The predicted molar refractivity (Wildman–Crippen MR) is 88.7 cm³/mol. The smallest absolute Gasteiger partial charge is 0.349 e. The minimum atomic E-state index is -3.10. The Hall–Kier alpha value is -2.15. The molecule has 0 unspecified atom stereocenters. The van der Waals surface area contributed by atoms with Crippen molar-refractivity contribution in [3.63, 3.8) is 0 Å².